The normalized spacial score (nSPS) is 11.4. The van der Waals surface area contributed by atoms with E-state index in [0.29, 0.717) is 21.7 Å². The van der Waals surface area contributed by atoms with Gasteiger partial charge in [-0.1, -0.05) is 30.3 Å². The fraction of sp³-hybridized carbons (Fsp3) is 0. The number of benzene rings is 2. The maximum atomic E-state index is 14.0. The van der Waals surface area contributed by atoms with Crippen LogP contribution >= 0.6 is 11.3 Å². The second-order valence-corrected chi connectivity index (χ2v) is 5.93. The second kappa shape index (κ2) is 6.25. The highest BCUT2D eigenvalue weighted by Crippen LogP contribution is 2.25. The lowest BCUT2D eigenvalue weighted by atomic mass is 10.1. The van der Waals surface area contributed by atoms with Crippen molar-refractivity contribution in [3.05, 3.63) is 71.6 Å². The Balaban J connectivity index is 1.54. The molecule has 0 amide bonds. The molecule has 0 bridgehead atoms. The number of thiazole rings is 1. The number of anilines is 1. The number of hydrazone groups is 1. The van der Waals surface area contributed by atoms with Gasteiger partial charge in [-0.2, -0.15) is 5.10 Å². The summed E-state index contributed by atoms with van der Waals surface area (Å²) in [4.78, 5) is 4.47. The van der Waals surface area contributed by atoms with Gasteiger partial charge in [-0.3, -0.25) is 5.43 Å². The summed E-state index contributed by atoms with van der Waals surface area (Å²) in [6.45, 7) is 0. The summed E-state index contributed by atoms with van der Waals surface area (Å²) >= 11 is 1.44. The predicted octanol–water partition coefficient (Wildman–Crippen LogP) is 5.14. The molecule has 4 nitrogen and oxygen atoms in total. The van der Waals surface area contributed by atoms with Crippen LogP contribution in [0.3, 0.4) is 0 Å². The minimum Gasteiger partial charge on any atom is -0.464 e. The highest BCUT2D eigenvalue weighted by atomic mass is 32.1. The maximum absolute atomic E-state index is 14.0. The molecule has 0 fully saturated rings. The van der Waals surface area contributed by atoms with Crippen molar-refractivity contribution in [1.82, 2.24) is 4.98 Å². The number of nitrogens with zero attached hydrogens (tertiary/aromatic N) is 2. The van der Waals surface area contributed by atoms with Crippen molar-refractivity contribution in [1.29, 1.82) is 0 Å². The highest BCUT2D eigenvalue weighted by Gasteiger charge is 2.08. The van der Waals surface area contributed by atoms with E-state index in [-0.39, 0.29) is 5.82 Å². The van der Waals surface area contributed by atoms with Gasteiger partial charge < -0.3 is 4.42 Å². The van der Waals surface area contributed by atoms with Crippen molar-refractivity contribution in [2.45, 2.75) is 0 Å². The molecule has 0 aliphatic heterocycles. The molecule has 0 atom stereocenters. The van der Waals surface area contributed by atoms with Crippen molar-refractivity contribution in [3.63, 3.8) is 0 Å². The fourth-order valence-electron chi connectivity index (χ4n) is 2.39. The summed E-state index contributed by atoms with van der Waals surface area (Å²) in [6.07, 6.45) is 2.97. The van der Waals surface area contributed by atoms with E-state index in [1.165, 1.54) is 29.9 Å². The Labute approximate surface area is 141 Å². The number of rotatable bonds is 4. The molecule has 0 unspecified atom stereocenters. The third kappa shape index (κ3) is 2.79. The van der Waals surface area contributed by atoms with E-state index in [1.807, 2.05) is 35.7 Å². The Morgan fingerprint density at radius 2 is 2.00 bits per heavy atom. The smallest absolute Gasteiger partial charge is 0.203 e. The monoisotopic (exact) mass is 337 g/mol. The molecule has 118 valence electrons. The minimum absolute atomic E-state index is 0.349. The van der Waals surface area contributed by atoms with Gasteiger partial charge in [0.1, 0.15) is 11.4 Å². The van der Waals surface area contributed by atoms with E-state index in [0.717, 1.165) is 11.3 Å². The van der Waals surface area contributed by atoms with E-state index < -0.39 is 0 Å². The van der Waals surface area contributed by atoms with Gasteiger partial charge in [-0.05, 0) is 18.2 Å². The lowest BCUT2D eigenvalue weighted by molar-refractivity contribution is 0.609. The first kappa shape index (κ1) is 14.6. The van der Waals surface area contributed by atoms with Crippen LogP contribution in [0, 0.1) is 5.82 Å². The molecule has 6 heteroatoms. The van der Waals surface area contributed by atoms with Crippen molar-refractivity contribution in [2.24, 2.45) is 5.10 Å². The first-order valence-electron chi connectivity index (χ1n) is 7.27. The topological polar surface area (TPSA) is 50.4 Å². The molecular weight excluding hydrogens is 325 g/mol. The van der Waals surface area contributed by atoms with E-state index in [1.54, 1.807) is 12.1 Å². The molecule has 0 spiro atoms. The molecule has 24 heavy (non-hydrogen) atoms. The number of nitrogens with one attached hydrogen (secondary N) is 1. The lowest BCUT2D eigenvalue weighted by Gasteiger charge is -1.98. The minimum atomic E-state index is -0.349. The number of halogens is 1. The quantitative estimate of drug-likeness (QED) is 0.414. The van der Waals surface area contributed by atoms with E-state index in [4.69, 9.17) is 4.42 Å². The van der Waals surface area contributed by atoms with Gasteiger partial charge in [0, 0.05) is 21.9 Å². The third-order valence-electron chi connectivity index (χ3n) is 3.55. The van der Waals surface area contributed by atoms with Crippen LogP contribution in [-0.4, -0.2) is 11.2 Å². The van der Waals surface area contributed by atoms with Gasteiger partial charge in [0.05, 0.1) is 18.2 Å². The molecule has 0 saturated carbocycles. The number of aromatic nitrogens is 1. The summed E-state index contributed by atoms with van der Waals surface area (Å²) in [5, 5.41) is 7.38. The van der Waals surface area contributed by atoms with Crippen LogP contribution < -0.4 is 5.43 Å². The third-order valence-corrected chi connectivity index (χ3v) is 4.30. The molecule has 1 N–H and O–H groups in total. The molecule has 0 aliphatic rings. The van der Waals surface area contributed by atoms with E-state index in [9.17, 15) is 4.39 Å². The van der Waals surface area contributed by atoms with Crippen LogP contribution in [0.15, 0.2) is 69.7 Å². The zero-order chi connectivity index (χ0) is 16.4. The molecule has 4 rings (SSSR count). The molecule has 2 heterocycles. The average molecular weight is 337 g/mol. The molecule has 0 radical (unpaired) electrons. The van der Waals surface area contributed by atoms with Crippen LogP contribution in [0.5, 0.6) is 0 Å². The first-order valence-corrected chi connectivity index (χ1v) is 8.15. The number of fused-ring (bicyclic) bond motifs is 1. The fourth-order valence-corrected chi connectivity index (χ4v) is 3.06. The van der Waals surface area contributed by atoms with Crippen LogP contribution in [-0.2, 0) is 0 Å². The van der Waals surface area contributed by atoms with Crippen LogP contribution in [0.25, 0.3) is 22.2 Å². The van der Waals surface area contributed by atoms with Crippen molar-refractivity contribution in [3.8, 4) is 11.3 Å². The maximum Gasteiger partial charge on any atom is 0.203 e. The lowest BCUT2D eigenvalue weighted by Crippen LogP contribution is -1.93. The number of hydrogen-bond acceptors (Lipinski definition) is 5. The number of hydrogen-bond donors (Lipinski definition) is 1. The van der Waals surface area contributed by atoms with E-state index >= 15 is 0 Å². The van der Waals surface area contributed by atoms with Gasteiger partial charge in [0.25, 0.3) is 0 Å². The molecule has 4 aromatic rings. The first-order chi connectivity index (χ1) is 11.8. The Kier molecular flexibility index (Phi) is 3.80. The van der Waals surface area contributed by atoms with Crippen molar-refractivity contribution >= 4 is 33.7 Å². The SMILES string of the molecule is Fc1ccc2occc2c1C=NNc1nc(-c2ccccc2)cs1. The molecular formula is C18H12FN3OS. The van der Waals surface area contributed by atoms with Gasteiger partial charge in [0.2, 0.25) is 5.13 Å². The average Bonchev–Trinajstić information content (AvgIpc) is 3.27. The predicted molar refractivity (Wildman–Crippen MR) is 94.9 cm³/mol. The van der Waals surface area contributed by atoms with Crippen LogP contribution in [0.4, 0.5) is 9.52 Å². The Hall–Kier alpha value is -2.99. The standard InChI is InChI=1S/C18H12FN3OS/c19-15-6-7-17-13(8-9-23-17)14(15)10-20-22-18-21-16(11-24-18)12-4-2-1-3-5-12/h1-11H,(H,21,22). The summed E-state index contributed by atoms with van der Waals surface area (Å²) in [5.74, 6) is -0.349. The van der Waals surface area contributed by atoms with Gasteiger partial charge in [-0.15, -0.1) is 11.3 Å². The van der Waals surface area contributed by atoms with Crippen molar-refractivity contribution in [2.75, 3.05) is 5.43 Å². The summed E-state index contributed by atoms with van der Waals surface area (Å²) in [6, 6.07) is 14.6. The Morgan fingerprint density at radius 1 is 1.12 bits per heavy atom. The van der Waals surface area contributed by atoms with Crippen LogP contribution in [0.1, 0.15) is 5.56 Å². The molecule has 2 aromatic carbocycles. The van der Waals surface area contributed by atoms with Gasteiger partial charge in [-0.25, -0.2) is 9.37 Å². The van der Waals surface area contributed by atoms with Crippen LogP contribution in [0.2, 0.25) is 0 Å². The highest BCUT2D eigenvalue weighted by molar-refractivity contribution is 7.14. The summed E-state index contributed by atoms with van der Waals surface area (Å²) in [5.41, 5.74) is 5.77. The van der Waals surface area contributed by atoms with E-state index in [2.05, 4.69) is 15.5 Å². The largest absolute Gasteiger partial charge is 0.464 e. The number of furan rings is 1. The van der Waals surface area contributed by atoms with Gasteiger partial charge >= 0.3 is 0 Å². The molecule has 2 aromatic heterocycles. The Bertz CT molecular complexity index is 1010. The summed E-state index contributed by atoms with van der Waals surface area (Å²) in [7, 11) is 0. The zero-order valence-electron chi connectivity index (χ0n) is 12.4. The molecule has 0 aliphatic carbocycles. The zero-order valence-corrected chi connectivity index (χ0v) is 13.3. The Morgan fingerprint density at radius 3 is 2.88 bits per heavy atom. The molecule has 0 saturated heterocycles. The van der Waals surface area contributed by atoms with Crippen molar-refractivity contribution < 1.29 is 8.81 Å². The second-order valence-electron chi connectivity index (χ2n) is 5.07. The summed E-state index contributed by atoms with van der Waals surface area (Å²) < 4.78 is 19.2. The van der Waals surface area contributed by atoms with Gasteiger partial charge in [0.15, 0.2) is 0 Å².